The van der Waals surface area contributed by atoms with Crippen LogP contribution in [0, 0.1) is 0 Å². The molecule has 2 aliphatic heterocycles. The predicted octanol–water partition coefficient (Wildman–Crippen LogP) is 2.50. The van der Waals surface area contributed by atoms with E-state index in [0.29, 0.717) is 0 Å². The Balaban J connectivity index is 2.26. The van der Waals surface area contributed by atoms with Crippen molar-refractivity contribution >= 4 is 30.3 Å². The molecule has 0 aliphatic carbocycles. The third-order valence-electron chi connectivity index (χ3n) is 2.94. The molecule has 0 amide bonds. The van der Waals surface area contributed by atoms with Gasteiger partial charge < -0.3 is 0 Å². The van der Waals surface area contributed by atoms with Crippen LogP contribution in [0.25, 0.3) is 0 Å². The van der Waals surface area contributed by atoms with E-state index in [1.807, 2.05) is 0 Å². The first-order valence-corrected chi connectivity index (χ1v) is 12.8. The Bertz CT molecular complexity index is 363. The zero-order valence-electron chi connectivity index (χ0n) is 7.86. The van der Waals surface area contributed by atoms with Gasteiger partial charge in [0.2, 0.25) is 0 Å². The first-order valence-electron chi connectivity index (χ1n) is 4.57. The van der Waals surface area contributed by atoms with Gasteiger partial charge in [0.05, 0.1) is 0 Å². The Labute approximate surface area is 83.0 Å². The van der Waals surface area contributed by atoms with Crippen LogP contribution in [0.2, 0.25) is 9.88 Å². The van der Waals surface area contributed by atoms with E-state index in [1.165, 1.54) is 11.4 Å². The van der Waals surface area contributed by atoms with Gasteiger partial charge in [0, 0.05) is 0 Å². The zero-order valence-corrected chi connectivity index (χ0v) is 10.7. The third kappa shape index (κ3) is 0.796. The van der Waals surface area contributed by atoms with Crippen molar-refractivity contribution in [3.63, 3.8) is 0 Å². The molecule has 0 saturated carbocycles. The molecule has 2 heterocycles. The van der Waals surface area contributed by atoms with E-state index in [1.54, 1.807) is 0 Å². The second-order valence-electron chi connectivity index (χ2n) is 4.02. The summed E-state index contributed by atoms with van der Waals surface area (Å²) in [5.74, 6) is 0. The molecular weight excluding hydrogens is 267 g/mol. The molecule has 2 aliphatic rings. The molecule has 2 nitrogen and oxygen atoms in total. The van der Waals surface area contributed by atoms with Crippen molar-refractivity contribution in [3.8, 4) is 0 Å². The van der Waals surface area contributed by atoms with Crippen LogP contribution in [0.5, 0.6) is 0 Å². The summed E-state index contributed by atoms with van der Waals surface area (Å²) in [5, 5.41) is 0. The monoisotopic (exact) mass is 280 g/mol. The molecule has 0 fully saturated rings. The van der Waals surface area contributed by atoms with Gasteiger partial charge in [-0.05, 0) is 0 Å². The van der Waals surface area contributed by atoms with Crippen LogP contribution in [0.15, 0.2) is 36.7 Å². The Hall–Kier alpha value is -0.641. The van der Waals surface area contributed by atoms with E-state index in [2.05, 4.69) is 52.8 Å². The summed E-state index contributed by atoms with van der Waals surface area (Å²) in [6, 6.07) is 8.68. The molecule has 13 heavy (non-hydrogen) atoms. The fourth-order valence-corrected chi connectivity index (χ4v) is 9.81. The van der Waals surface area contributed by atoms with E-state index in [9.17, 15) is 0 Å². The molecule has 2 bridgehead atoms. The Morgan fingerprint density at radius 1 is 0.923 bits per heavy atom. The third-order valence-corrected chi connectivity index (χ3v) is 11.9. The molecule has 3 rings (SSSR count). The predicted molar refractivity (Wildman–Crippen MR) is 58.0 cm³/mol. The minimum atomic E-state index is -2.14. The van der Waals surface area contributed by atoms with Gasteiger partial charge >= 0.3 is 83.1 Å². The van der Waals surface area contributed by atoms with Crippen molar-refractivity contribution in [2.45, 2.75) is 9.88 Å². The van der Waals surface area contributed by atoms with E-state index < -0.39 is 18.9 Å². The summed E-state index contributed by atoms with van der Waals surface area (Å²) >= 11 is -2.14. The number of hydrogen-bond donors (Lipinski definition) is 0. The molecule has 0 N–H and O–H groups in total. The average Bonchev–Trinajstić information content (AvgIpc) is 2.54. The fourth-order valence-electron chi connectivity index (χ4n) is 2.24. The van der Waals surface area contributed by atoms with Crippen LogP contribution in [-0.2, 0) is 0 Å². The number of para-hydroxylation sites is 2. The number of hydrogen-bond acceptors (Lipinski definition) is 2. The standard InChI is InChI=1S/C8H6N2.2CH3.Sn/c1-2-4-8-7(3-1)9-5-6-10-8;;;/h1-6H;2*1H3;/q-2;;;+2. The van der Waals surface area contributed by atoms with Gasteiger partial charge in [0.1, 0.15) is 0 Å². The summed E-state index contributed by atoms with van der Waals surface area (Å²) < 4.78 is 5.04. The first kappa shape index (κ1) is 7.73. The summed E-state index contributed by atoms with van der Waals surface area (Å²) in [6.07, 6.45) is 4.47. The quantitative estimate of drug-likeness (QED) is 0.673. The van der Waals surface area contributed by atoms with E-state index >= 15 is 0 Å². The van der Waals surface area contributed by atoms with E-state index in [-0.39, 0.29) is 0 Å². The van der Waals surface area contributed by atoms with Gasteiger partial charge in [-0.25, -0.2) is 0 Å². The maximum absolute atomic E-state index is 2.52. The summed E-state index contributed by atoms with van der Waals surface area (Å²) in [5.41, 5.74) is 2.82. The Morgan fingerprint density at radius 2 is 1.38 bits per heavy atom. The van der Waals surface area contributed by atoms with Crippen LogP contribution in [-0.4, -0.2) is 18.9 Å². The molecule has 0 aromatic heterocycles. The fraction of sp³-hybridized carbons (Fsp3) is 0.200. The van der Waals surface area contributed by atoms with Crippen molar-refractivity contribution in [1.29, 1.82) is 0 Å². The van der Waals surface area contributed by atoms with Crippen LogP contribution >= 0.6 is 0 Å². The number of anilines is 2. The van der Waals surface area contributed by atoms with Gasteiger partial charge in [0.15, 0.2) is 0 Å². The van der Waals surface area contributed by atoms with Crippen LogP contribution in [0.1, 0.15) is 0 Å². The normalized spacial score (nSPS) is 21.1. The molecule has 0 radical (unpaired) electrons. The van der Waals surface area contributed by atoms with Gasteiger partial charge in [-0.15, -0.1) is 0 Å². The molecule has 0 spiro atoms. The molecular formula is C10H12N2Sn. The van der Waals surface area contributed by atoms with Crippen LogP contribution in [0.4, 0.5) is 11.4 Å². The second-order valence-corrected chi connectivity index (χ2v) is 15.3. The van der Waals surface area contributed by atoms with Crippen molar-refractivity contribution in [1.82, 2.24) is 0 Å². The van der Waals surface area contributed by atoms with Gasteiger partial charge in [-0.2, -0.15) is 0 Å². The molecule has 3 heteroatoms. The Morgan fingerprint density at radius 3 is 1.85 bits per heavy atom. The van der Waals surface area contributed by atoms with Crippen molar-refractivity contribution in [2.24, 2.45) is 0 Å². The van der Waals surface area contributed by atoms with E-state index in [4.69, 9.17) is 0 Å². The molecule has 0 atom stereocenters. The number of benzene rings is 1. The van der Waals surface area contributed by atoms with Gasteiger partial charge in [0.25, 0.3) is 0 Å². The van der Waals surface area contributed by atoms with Crippen molar-refractivity contribution < 1.29 is 0 Å². The SMILES string of the molecule is [CH3][Sn]1([CH3])[N]2C=C[N]1c1ccccc12. The van der Waals surface area contributed by atoms with Crippen LogP contribution < -0.4 is 6.24 Å². The minimum absolute atomic E-state index is 1.41. The first-order chi connectivity index (χ1) is 6.21. The number of rotatable bonds is 0. The van der Waals surface area contributed by atoms with Crippen molar-refractivity contribution in [3.05, 3.63) is 36.7 Å². The molecule has 0 saturated heterocycles. The zero-order chi connectivity index (χ0) is 9.05. The molecule has 66 valence electrons. The van der Waals surface area contributed by atoms with Crippen molar-refractivity contribution in [2.75, 3.05) is 6.24 Å². The maximum atomic E-state index is 2.52. The molecule has 1 aromatic carbocycles. The van der Waals surface area contributed by atoms with Crippen LogP contribution in [0.3, 0.4) is 0 Å². The molecule has 1 aromatic rings. The summed E-state index contributed by atoms with van der Waals surface area (Å²) in [6.45, 7) is 0. The van der Waals surface area contributed by atoms with E-state index in [0.717, 1.165) is 0 Å². The number of fused-ring (bicyclic) bond motifs is 5. The molecule has 0 unspecified atom stereocenters. The summed E-state index contributed by atoms with van der Waals surface area (Å²) in [7, 11) is 0. The van der Waals surface area contributed by atoms with Gasteiger partial charge in [-0.3, -0.25) is 0 Å². The second kappa shape index (κ2) is 2.23. The number of nitrogens with zero attached hydrogens (tertiary/aromatic N) is 2. The Kier molecular flexibility index (Phi) is 1.33. The average molecular weight is 279 g/mol. The summed E-state index contributed by atoms with van der Waals surface area (Å²) in [4.78, 5) is 4.88. The topological polar surface area (TPSA) is 6.48 Å². The van der Waals surface area contributed by atoms with Gasteiger partial charge in [-0.1, -0.05) is 0 Å².